The van der Waals surface area contributed by atoms with Crippen LogP contribution in [0.4, 0.5) is 4.39 Å². The van der Waals surface area contributed by atoms with Crippen LogP contribution < -0.4 is 5.73 Å². The quantitative estimate of drug-likeness (QED) is 0.701. The van der Waals surface area contributed by atoms with E-state index in [-0.39, 0.29) is 5.75 Å². The van der Waals surface area contributed by atoms with Crippen LogP contribution in [0.3, 0.4) is 0 Å². The second-order valence-corrected chi connectivity index (χ2v) is 2.35. The number of rotatable bonds is 2. The van der Waals surface area contributed by atoms with Crippen molar-refractivity contribution in [3.8, 4) is 5.75 Å². The molecular formula is C9H10FNO. The van der Waals surface area contributed by atoms with Gasteiger partial charge in [0, 0.05) is 6.54 Å². The van der Waals surface area contributed by atoms with E-state index in [1.807, 2.05) is 0 Å². The van der Waals surface area contributed by atoms with Crippen molar-refractivity contribution in [1.29, 1.82) is 0 Å². The van der Waals surface area contributed by atoms with Crippen molar-refractivity contribution < 1.29 is 9.50 Å². The van der Waals surface area contributed by atoms with E-state index in [0.29, 0.717) is 12.1 Å². The lowest BCUT2D eigenvalue weighted by molar-refractivity contribution is 0.432. The van der Waals surface area contributed by atoms with Crippen LogP contribution in [-0.4, -0.2) is 11.7 Å². The van der Waals surface area contributed by atoms with Crippen molar-refractivity contribution in [2.75, 3.05) is 6.54 Å². The molecule has 0 amide bonds. The largest absolute Gasteiger partial charge is 0.505 e. The molecule has 0 bridgehead atoms. The van der Waals surface area contributed by atoms with E-state index in [9.17, 15) is 4.39 Å². The zero-order valence-electron chi connectivity index (χ0n) is 6.50. The van der Waals surface area contributed by atoms with Crippen LogP contribution in [0.5, 0.6) is 5.75 Å². The molecule has 0 atom stereocenters. The molecule has 1 aromatic carbocycles. The summed E-state index contributed by atoms with van der Waals surface area (Å²) >= 11 is 0. The molecule has 0 aromatic heterocycles. The van der Waals surface area contributed by atoms with Crippen LogP contribution in [-0.2, 0) is 0 Å². The molecule has 0 saturated carbocycles. The molecule has 0 saturated heterocycles. The minimum atomic E-state index is -0.617. The summed E-state index contributed by atoms with van der Waals surface area (Å²) < 4.78 is 12.7. The Bertz CT molecular complexity index is 297. The highest BCUT2D eigenvalue weighted by Crippen LogP contribution is 2.16. The Morgan fingerprint density at radius 2 is 2.25 bits per heavy atom. The third kappa shape index (κ3) is 2.07. The predicted octanol–water partition coefficient (Wildman–Crippen LogP) is 1.50. The zero-order valence-corrected chi connectivity index (χ0v) is 6.50. The first-order chi connectivity index (χ1) is 5.74. The Labute approximate surface area is 70.1 Å². The van der Waals surface area contributed by atoms with Crippen molar-refractivity contribution in [2.24, 2.45) is 5.73 Å². The van der Waals surface area contributed by atoms with E-state index in [0.717, 1.165) is 0 Å². The molecule has 64 valence electrons. The molecule has 0 spiro atoms. The monoisotopic (exact) mass is 167 g/mol. The van der Waals surface area contributed by atoms with Gasteiger partial charge in [0.2, 0.25) is 0 Å². The fourth-order valence-electron chi connectivity index (χ4n) is 0.831. The molecular weight excluding hydrogens is 157 g/mol. The molecule has 3 N–H and O–H groups in total. The second-order valence-electron chi connectivity index (χ2n) is 2.35. The van der Waals surface area contributed by atoms with Gasteiger partial charge in [0.25, 0.3) is 0 Å². The minimum Gasteiger partial charge on any atom is -0.505 e. The van der Waals surface area contributed by atoms with Crippen LogP contribution in [0.1, 0.15) is 5.56 Å². The summed E-state index contributed by atoms with van der Waals surface area (Å²) in [5, 5.41) is 8.85. The molecule has 1 aromatic rings. The number of nitrogens with two attached hydrogens (primary N) is 1. The Morgan fingerprint density at radius 1 is 1.50 bits per heavy atom. The van der Waals surface area contributed by atoms with Crippen LogP contribution in [0.2, 0.25) is 0 Å². The molecule has 0 fully saturated rings. The summed E-state index contributed by atoms with van der Waals surface area (Å²) in [5.41, 5.74) is 5.90. The average molecular weight is 167 g/mol. The SMILES string of the molecule is NCC=Cc1ccc(O)c(F)c1. The van der Waals surface area contributed by atoms with Crippen molar-refractivity contribution in [2.45, 2.75) is 0 Å². The zero-order chi connectivity index (χ0) is 8.97. The predicted molar refractivity (Wildman–Crippen MR) is 46.2 cm³/mol. The summed E-state index contributed by atoms with van der Waals surface area (Å²) in [4.78, 5) is 0. The fourth-order valence-corrected chi connectivity index (χ4v) is 0.831. The number of aromatic hydroxyl groups is 1. The number of halogens is 1. The highest BCUT2D eigenvalue weighted by Gasteiger charge is 1.97. The highest BCUT2D eigenvalue weighted by atomic mass is 19.1. The Kier molecular flexibility index (Phi) is 2.82. The Hall–Kier alpha value is -1.35. The average Bonchev–Trinajstić information content (AvgIpc) is 2.07. The van der Waals surface area contributed by atoms with Gasteiger partial charge in [-0.3, -0.25) is 0 Å². The van der Waals surface area contributed by atoms with E-state index in [1.54, 1.807) is 18.2 Å². The first-order valence-electron chi connectivity index (χ1n) is 3.59. The highest BCUT2D eigenvalue weighted by molar-refractivity contribution is 5.50. The third-order valence-corrected chi connectivity index (χ3v) is 1.42. The van der Waals surface area contributed by atoms with E-state index >= 15 is 0 Å². The van der Waals surface area contributed by atoms with E-state index in [2.05, 4.69) is 0 Å². The second kappa shape index (κ2) is 3.88. The molecule has 0 heterocycles. The van der Waals surface area contributed by atoms with Gasteiger partial charge >= 0.3 is 0 Å². The number of phenolic OH excluding ortho intramolecular Hbond substituents is 1. The lowest BCUT2D eigenvalue weighted by Gasteiger charge is -1.95. The molecule has 0 aliphatic carbocycles. The Balaban J connectivity index is 2.89. The molecule has 0 unspecified atom stereocenters. The molecule has 12 heavy (non-hydrogen) atoms. The normalized spacial score (nSPS) is 10.8. The maximum absolute atomic E-state index is 12.7. The van der Waals surface area contributed by atoms with Gasteiger partial charge in [-0.15, -0.1) is 0 Å². The van der Waals surface area contributed by atoms with Gasteiger partial charge < -0.3 is 10.8 Å². The minimum absolute atomic E-state index is 0.333. The van der Waals surface area contributed by atoms with Crippen LogP contribution in [0.15, 0.2) is 24.3 Å². The first-order valence-corrected chi connectivity index (χ1v) is 3.59. The topological polar surface area (TPSA) is 46.2 Å². The summed E-state index contributed by atoms with van der Waals surface area (Å²) in [7, 11) is 0. The summed E-state index contributed by atoms with van der Waals surface area (Å²) in [6.45, 7) is 0.419. The number of phenols is 1. The smallest absolute Gasteiger partial charge is 0.165 e. The molecule has 2 nitrogen and oxygen atoms in total. The van der Waals surface area contributed by atoms with Crippen molar-refractivity contribution >= 4 is 6.08 Å². The number of benzene rings is 1. The number of hydrogen-bond donors (Lipinski definition) is 2. The molecule has 0 radical (unpaired) electrons. The maximum Gasteiger partial charge on any atom is 0.165 e. The van der Waals surface area contributed by atoms with Gasteiger partial charge in [0.1, 0.15) is 0 Å². The van der Waals surface area contributed by atoms with Crippen LogP contribution in [0, 0.1) is 5.82 Å². The standard InChI is InChI=1S/C9H10FNO/c10-8-6-7(2-1-5-11)3-4-9(8)12/h1-4,6,12H,5,11H2. The van der Waals surface area contributed by atoms with E-state index in [4.69, 9.17) is 10.8 Å². The van der Waals surface area contributed by atoms with Crippen molar-refractivity contribution in [3.05, 3.63) is 35.7 Å². The fraction of sp³-hybridized carbons (Fsp3) is 0.111. The summed E-state index contributed by atoms with van der Waals surface area (Å²) in [6.07, 6.45) is 3.41. The van der Waals surface area contributed by atoms with E-state index < -0.39 is 5.82 Å². The Morgan fingerprint density at radius 3 is 2.83 bits per heavy atom. The van der Waals surface area contributed by atoms with Gasteiger partial charge in [0.05, 0.1) is 0 Å². The molecule has 1 rings (SSSR count). The summed E-state index contributed by atoms with van der Waals surface area (Å²) in [5.74, 6) is -0.950. The molecule has 3 heteroatoms. The summed E-state index contributed by atoms with van der Waals surface area (Å²) in [6, 6.07) is 4.18. The first kappa shape index (κ1) is 8.74. The van der Waals surface area contributed by atoms with Gasteiger partial charge in [-0.25, -0.2) is 4.39 Å². The van der Waals surface area contributed by atoms with Gasteiger partial charge in [-0.2, -0.15) is 0 Å². The maximum atomic E-state index is 12.7. The van der Waals surface area contributed by atoms with E-state index in [1.165, 1.54) is 12.1 Å². The van der Waals surface area contributed by atoms with Gasteiger partial charge in [0.15, 0.2) is 11.6 Å². The molecule has 0 aliphatic rings. The van der Waals surface area contributed by atoms with Gasteiger partial charge in [-0.05, 0) is 17.7 Å². The van der Waals surface area contributed by atoms with Crippen LogP contribution in [0.25, 0.3) is 6.08 Å². The number of hydrogen-bond acceptors (Lipinski definition) is 2. The van der Waals surface area contributed by atoms with Crippen molar-refractivity contribution in [1.82, 2.24) is 0 Å². The van der Waals surface area contributed by atoms with Crippen LogP contribution >= 0.6 is 0 Å². The lowest BCUT2D eigenvalue weighted by Crippen LogP contribution is -1.91. The molecule has 0 aliphatic heterocycles. The van der Waals surface area contributed by atoms with Crippen molar-refractivity contribution in [3.63, 3.8) is 0 Å². The third-order valence-electron chi connectivity index (χ3n) is 1.42. The van der Waals surface area contributed by atoms with Gasteiger partial charge in [-0.1, -0.05) is 18.2 Å². The lowest BCUT2D eigenvalue weighted by atomic mass is 10.2.